The molecule has 0 heterocycles. The van der Waals surface area contributed by atoms with E-state index in [1.54, 1.807) is 0 Å². The molecule has 2 aliphatic rings. The molecule has 7 nitrogen and oxygen atoms in total. The van der Waals surface area contributed by atoms with Crippen LogP contribution in [0.2, 0.25) is 0 Å². The number of nitrogens with one attached hydrogen (secondary N) is 1. The number of carbonyl (C=O) groups is 3. The summed E-state index contributed by atoms with van der Waals surface area (Å²) in [5.41, 5.74) is 3.45. The molecule has 0 spiro atoms. The van der Waals surface area contributed by atoms with E-state index in [0.29, 0.717) is 25.8 Å². The Morgan fingerprint density at radius 3 is 2.16 bits per heavy atom. The maximum atomic E-state index is 13.1. The van der Waals surface area contributed by atoms with Crippen molar-refractivity contribution in [2.24, 2.45) is 0 Å². The Morgan fingerprint density at radius 2 is 1.66 bits per heavy atom. The molecule has 0 bridgehead atoms. The molecule has 2 aromatic rings. The minimum Gasteiger partial charge on any atom is -0.480 e. The zero-order valence-electron chi connectivity index (χ0n) is 18.2. The predicted molar refractivity (Wildman–Crippen MR) is 119 cm³/mol. The summed E-state index contributed by atoms with van der Waals surface area (Å²) in [6, 6.07) is 16.2. The van der Waals surface area contributed by atoms with Crippen LogP contribution in [0.4, 0.5) is 4.79 Å². The van der Waals surface area contributed by atoms with E-state index in [2.05, 4.69) is 17.4 Å². The van der Waals surface area contributed by atoms with Crippen molar-refractivity contribution in [1.82, 2.24) is 10.2 Å². The number of aliphatic carboxylic acids is 1. The first-order chi connectivity index (χ1) is 15.4. The van der Waals surface area contributed by atoms with E-state index < -0.39 is 17.6 Å². The third-order valence-corrected chi connectivity index (χ3v) is 6.41. The van der Waals surface area contributed by atoms with Crippen LogP contribution in [0.3, 0.4) is 0 Å². The molecule has 0 unspecified atom stereocenters. The van der Waals surface area contributed by atoms with Crippen molar-refractivity contribution in [2.75, 3.05) is 19.7 Å². The normalized spacial score (nSPS) is 15.8. The molecular weight excluding hydrogens is 408 g/mol. The number of alkyl carbamates (subject to hydrolysis) is 1. The number of hydrogen-bond donors (Lipinski definition) is 2. The van der Waals surface area contributed by atoms with Gasteiger partial charge in [-0.25, -0.2) is 4.79 Å². The number of amides is 2. The summed E-state index contributed by atoms with van der Waals surface area (Å²) in [5.74, 6) is -1.48. The van der Waals surface area contributed by atoms with Gasteiger partial charge in [0, 0.05) is 12.5 Å². The topological polar surface area (TPSA) is 95.9 Å². The Balaban J connectivity index is 1.44. The molecule has 2 N–H and O–H groups in total. The molecular formula is C25H28N2O5. The second-order valence-corrected chi connectivity index (χ2v) is 8.51. The van der Waals surface area contributed by atoms with Crippen LogP contribution < -0.4 is 5.32 Å². The predicted octanol–water partition coefficient (Wildman–Crippen LogP) is 3.77. The first-order valence-corrected chi connectivity index (χ1v) is 11.1. The number of fused-ring (bicyclic) bond motifs is 3. The molecule has 0 radical (unpaired) electrons. The highest BCUT2D eigenvalue weighted by Gasteiger charge is 2.48. The molecule has 0 aliphatic heterocycles. The van der Waals surface area contributed by atoms with Crippen LogP contribution in [0.25, 0.3) is 11.1 Å². The van der Waals surface area contributed by atoms with Gasteiger partial charge in [-0.05, 0) is 47.9 Å². The molecule has 0 atom stereocenters. The molecule has 4 rings (SSSR count). The highest BCUT2D eigenvalue weighted by atomic mass is 16.5. The van der Waals surface area contributed by atoms with Crippen molar-refractivity contribution in [2.45, 2.75) is 44.1 Å². The monoisotopic (exact) mass is 436 g/mol. The highest BCUT2D eigenvalue weighted by Crippen LogP contribution is 2.44. The molecule has 168 valence electrons. The Kier molecular flexibility index (Phi) is 6.17. The third kappa shape index (κ3) is 4.07. The van der Waals surface area contributed by atoms with Crippen molar-refractivity contribution in [1.29, 1.82) is 0 Å². The van der Waals surface area contributed by atoms with Gasteiger partial charge in [0.05, 0.1) is 0 Å². The quantitative estimate of drug-likeness (QED) is 0.657. The Labute approximate surface area is 187 Å². The maximum absolute atomic E-state index is 13.1. The third-order valence-electron chi connectivity index (χ3n) is 6.41. The van der Waals surface area contributed by atoms with Crippen LogP contribution in [0, 0.1) is 0 Å². The number of ether oxygens (including phenoxy) is 1. The minimum atomic E-state index is -1.08. The summed E-state index contributed by atoms with van der Waals surface area (Å²) < 4.78 is 5.60. The fraction of sp³-hybridized carbons (Fsp3) is 0.400. The van der Waals surface area contributed by atoms with Crippen LogP contribution in [0.15, 0.2) is 48.5 Å². The van der Waals surface area contributed by atoms with Gasteiger partial charge >= 0.3 is 12.1 Å². The van der Waals surface area contributed by atoms with Crippen molar-refractivity contribution >= 4 is 18.0 Å². The lowest BCUT2D eigenvalue weighted by Gasteiger charge is -2.43. The molecule has 0 aromatic heterocycles. The van der Waals surface area contributed by atoms with Crippen LogP contribution in [-0.2, 0) is 14.3 Å². The number of benzene rings is 2. The molecule has 32 heavy (non-hydrogen) atoms. The number of carboxylic acids is 1. The molecule has 1 saturated carbocycles. The van der Waals surface area contributed by atoms with Gasteiger partial charge in [0.15, 0.2) is 0 Å². The van der Waals surface area contributed by atoms with Gasteiger partial charge in [0.1, 0.15) is 18.7 Å². The molecule has 7 heteroatoms. The van der Waals surface area contributed by atoms with Crippen molar-refractivity contribution in [3.63, 3.8) is 0 Å². The largest absolute Gasteiger partial charge is 0.480 e. The Bertz CT molecular complexity index is 985. The van der Waals surface area contributed by atoms with E-state index in [0.717, 1.165) is 28.7 Å². The number of rotatable bonds is 8. The summed E-state index contributed by atoms with van der Waals surface area (Å²) in [7, 11) is 0. The number of nitrogens with zero attached hydrogens (tertiary/aromatic N) is 1. The van der Waals surface area contributed by atoms with Gasteiger partial charge in [0.2, 0.25) is 5.91 Å². The highest BCUT2D eigenvalue weighted by molar-refractivity contribution is 5.92. The molecule has 2 amide bonds. The lowest BCUT2D eigenvalue weighted by atomic mass is 9.75. The molecule has 2 aromatic carbocycles. The Morgan fingerprint density at radius 1 is 1.06 bits per heavy atom. The second-order valence-electron chi connectivity index (χ2n) is 8.51. The van der Waals surface area contributed by atoms with Gasteiger partial charge in [-0.15, -0.1) is 0 Å². The van der Waals surface area contributed by atoms with E-state index >= 15 is 0 Å². The number of carboxylic acid groups (broad SMARTS) is 1. The summed E-state index contributed by atoms with van der Waals surface area (Å²) in [6.07, 6.45) is 1.75. The van der Waals surface area contributed by atoms with Gasteiger partial charge < -0.3 is 20.1 Å². The van der Waals surface area contributed by atoms with Gasteiger partial charge in [-0.2, -0.15) is 0 Å². The summed E-state index contributed by atoms with van der Waals surface area (Å²) in [4.78, 5) is 38.3. The summed E-state index contributed by atoms with van der Waals surface area (Å²) in [6.45, 7) is 2.01. The number of carbonyl (C=O) groups excluding carboxylic acids is 2. The summed E-state index contributed by atoms with van der Waals surface area (Å²) >= 11 is 0. The Hall–Kier alpha value is -3.35. The zero-order chi connectivity index (χ0) is 22.7. The van der Waals surface area contributed by atoms with E-state index in [1.165, 1.54) is 4.90 Å². The van der Waals surface area contributed by atoms with Crippen LogP contribution in [0.1, 0.15) is 49.7 Å². The van der Waals surface area contributed by atoms with Crippen LogP contribution in [-0.4, -0.2) is 53.2 Å². The van der Waals surface area contributed by atoms with E-state index in [4.69, 9.17) is 9.84 Å². The number of hydrogen-bond acceptors (Lipinski definition) is 4. The van der Waals surface area contributed by atoms with E-state index in [1.807, 2.05) is 43.3 Å². The lowest BCUT2D eigenvalue weighted by molar-refractivity contribution is -0.149. The fourth-order valence-corrected chi connectivity index (χ4v) is 4.74. The van der Waals surface area contributed by atoms with Gasteiger partial charge in [-0.1, -0.05) is 55.5 Å². The summed E-state index contributed by atoms with van der Waals surface area (Å²) in [5, 5.41) is 11.9. The van der Waals surface area contributed by atoms with Crippen LogP contribution >= 0.6 is 0 Å². The van der Waals surface area contributed by atoms with Crippen molar-refractivity contribution in [3.05, 3.63) is 59.7 Å². The molecule has 1 fully saturated rings. The lowest BCUT2D eigenvalue weighted by Crippen LogP contribution is -2.64. The van der Waals surface area contributed by atoms with E-state index in [-0.39, 0.29) is 25.0 Å². The SMILES string of the molecule is CCCN(CC(=O)O)C(=O)C1(NC(=O)OCC2c3ccccc3-c3ccccc32)CCC1. The first kappa shape index (κ1) is 21.9. The van der Waals surface area contributed by atoms with Crippen molar-refractivity contribution < 1.29 is 24.2 Å². The average molecular weight is 437 g/mol. The fourth-order valence-electron chi connectivity index (χ4n) is 4.74. The zero-order valence-corrected chi connectivity index (χ0v) is 18.2. The average Bonchev–Trinajstić information content (AvgIpc) is 3.07. The van der Waals surface area contributed by atoms with Gasteiger partial charge in [-0.3, -0.25) is 9.59 Å². The van der Waals surface area contributed by atoms with E-state index in [9.17, 15) is 14.4 Å². The van der Waals surface area contributed by atoms with Gasteiger partial charge in [0.25, 0.3) is 0 Å². The standard InChI is InChI=1S/C25H28N2O5/c1-2-14-27(15-22(28)29)23(30)25(12-7-13-25)26-24(31)32-16-21-19-10-5-3-8-17(19)18-9-4-6-11-20(18)21/h3-6,8-11,21H,2,7,12-16H2,1H3,(H,26,31)(H,28,29). The smallest absolute Gasteiger partial charge is 0.408 e. The second kappa shape index (κ2) is 9.02. The van der Waals surface area contributed by atoms with Crippen molar-refractivity contribution in [3.8, 4) is 11.1 Å². The minimum absolute atomic E-state index is 0.0650. The molecule has 0 saturated heterocycles. The van der Waals surface area contributed by atoms with Crippen LogP contribution in [0.5, 0.6) is 0 Å². The molecule has 2 aliphatic carbocycles. The first-order valence-electron chi connectivity index (χ1n) is 11.1. The maximum Gasteiger partial charge on any atom is 0.408 e.